The van der Waals surface area contributed by atoms with Crippen LogP contribution in [0.15, 0.2) is 54.7 Å². The van der Waals surface area contributed by atoms with E-state index in [4.69, 9.17) is 17.2 Å². The Hall–Kier alpha value is -2.66. The first-order valence-electron chi connectivity index (χ1n) is 11.3. The summed E-state index contributed by atoms with van der Waals surface area (Å²) in [5.74, 6) is 0. The lowest BCUT2D eigenvalue weighted by Gasteiger charge is -2.33. The molecule has 0 unspecified atom stereocenters. The molecule has 1 aromatic carbocycles. The molecule has 0 spiro atoms. The van der Waals surface area contributed by atoms with Crippen LogP contribution in [0, 0.1) is 20.8 Å². The third-order valence-corrected chi connectivity index (χ3v) is 7.26. The summed E-state index contributed by atoms with van der Waals surface area (Å²) in [7, 11) is 0. The van der Waals surface area contributed by atoms with Crippen LogP contribution in [-0.4, -0.2) is 25.6 Å². The van der Waals surface area contributed by atoms with Gasteiger partial charge >= 0.3 is 0 Å². The van der Waals surface area contributed by atoms with Crippen molar-refractivity contribution in [3.8, 4) is 5.69 Å². The van der Waals surface area contributed by atoms with Gasteiger partial charge in [-0.15, -0.1) is 0 Å². The molecular formula is C26H30N4S. The van der Waals surface area contributed by atoms with Crippen LogP contribution in [0.1, 0.15) is 66.0 Å². The van der Waals surface area contributed by atoms with E-state index < -0.39 is 0 Å². The standard InChI is InChI=1S/C26H30N4S/c1-17-11-13-21(14-12-17)29-18(2)16-22(19(29)3)25-24(23-10-6-7-15-27-23)28-26(31)30(25)20-8-4-5-9-20/h6-7,10-16,20,24-25H,4-5,8-9H2,1-3H3,(H,28,31)/t24-,25+/m1/s1. The predicted molar refractivity (Wildman–Crippen MR) is 130 cm³/mol. The van der Waals surface area contributed by atoms with Gasteiger partial charge in [-0.2, -0.15) is 0 Å². The van der Waals surface area contributed by atoms with E-state index in [1.807, 2.05) is 12.3 Å². The molecular weight excluding hydrogens is 400 g/mol. The molecule has 1 aliphatic carbocycles. The minimum absolute atomic E-state index is 0.0567. The Balaban J connectivity index is 1.63. The van der Waals surface area contributed by atoms with Gasteiger partial charge in [-0.1, -0.05) is 36.6 Å². The minimum atomic E-state index is 0.0567. The summed E-state index contributed by atoms with van der Waals surface area (Å²) in [6, 6.07) is 18.0. The van der Waals surface area contributed by atoms with E-state index in [9.17, 15) is 0 Å². The fourth-order valence-electron chi connectivity index (χ4n) is 5.45. The Labute approximate surface area is 190 Å². The van der Waals surface area contributed by atoms with E-state index >= 15 is 0 Å². The SMILES string of the molecule is Cc1ccc(-n2c(C)cc([C@H]3[C@@H](c4ccccn4)NC(=S)N3C3CCCC3)c2C)cc1. The Bertz CT molecular complexity index is 1080. The number of aryl methyl sites for hydroxylation is 2. The summed E-state index contributed by atoms with van der Waals surface area (Å²) in [6.07, 6.45) is 6.87. The lowest BCUT2D eigenvalue weighted by molar-refractivity contribution is 0.245. The number of pyridine rings is 1. The summed E-state index contributed by atoms with van der Waals surface area (Å²) in [5.41, 5.74) is 7.41. The smallest absolute Gasteiger partial charge is 0.170 e. The number of benzene rings is 1. The molecule has 0 amide bonds. The molecule has 31 heavy (non-hydrogen) atoms. The molecule has 3 heterocycles. The number of hydrogen-bond acceptors (Lipinski definition) is 2. The molecule has 2 aliphatic rings. The van der Waals surface area contributed by atoms with Gasteiger partial charge in [0.1, 0.15) is 0 Å². The molecule has 4 nitrogen and oxygen atoms in total. The second-order valence-corrected chi connectivity index (χ2v) is 9.36. The van der Waals surface area contributed by atoms with Crippen LogP contribution in [0.2, 0.25) is 0 Å². The maximum Gasteiger partial charge on any atom is 0.170 e. The lowest BCUT2D eigenvalue weighted by Crippen LogP contribution is -2.37. The summed E-state index contributed by atoms with van der Waals surface area (Å²) in [4.78, 5) is 7.19. The normalized spacial score (nSPS) is 21.6. The second kappa shape index (κ2) is 8.12. The molecule has 5 heteroatoms. The van der Waals surface area contributed by atoms with E-state index in [0.29, 0.717) is 6.04 Å². The van der Waals surface area contributed by atoms with Crippen molar-refractivity contribution in [3.63, 3.8) is 0 Å². The molecule has 2 aromatic heterocycles. The quantitative estimate of drug-likeness (QED) is 0.537. The van der Waals surface area contributed by atoms with Crippen LogP contribution >= 0.6 is 12.2 Å². The number of aromatic nitrogens is 2. The van der Waals surface area contributed by atoms with Crippen LogP contribution in [0.25, 0.3) is 5.69 Å². The van der Waals surface area contributed by atoms with Crippen molar-refractivity contribution in [2.75, 3.05) is 0 Å². The average Bonchev–Trinajstić information content (AvgIpc) is 3.48. The third-order valence-electron chi connectivity index (χ3n) is 6.93. The summed E-state index contributed by atoms with van der Waals surface area (Å²) >= 11 is 5.90. The Kier molecular flexibility index (Phi) is 5.30. The third kappa shape index (κ3) is 3.55. The van der Waals surface area contributed by atoms with Crippen molar-refractivity contribution in [1.29, 1.82) is 0 Å². The number of nitrogens with one attached hydrogen (secondary N) is 1. The van der Waals surface area contributed by atoms with Gasteiger partial charge in [0.2, 0.25) is 0 Å². The van der Waals surface area contributed by atoms with Gasteiger partial charge in [-0.05, 0) is 81.7 Å². The van der Waals surface area contributed by atoms with Gasteiger partial charge < -0.3 is 14.8 Å². The highest BCUT2D eigenvalue weighted by atomic mass is 32.1. The van der Waals surface area contributed by atoms with E-state index in [-0.39, 0.29) is 12.1 Å². The Morgan fingerprint density at radius 1 is 1.00 bits per heavy atom. The highest BCUT2D eigenvalue weighted by Gasteiger charge is 2.44. The molecule has 2 fully saturated rings. The van der Waals surface area contributed by atoms with Crippen molar-refractivity contribution in [1.82, 2.24) is 19.8 Å². The zero-order chi connectivity index (χ0) is 21.5. The molecule has 1 saturated carbocycles. The fraction of sp³-hybridized carbons (Fsp3) is 0.385. The molecule has 1 aliphatic heterocycles. The van der Waals surface area contributed by atoms with Crippen molar-refractivity contribution < 1.29 is 0 Å². The molecule has 0 bridgehead atoms. The fourth-order valence-corrected chi connectivity index (χ4v) is 5.84. The van der Waals surface area contributed by atoms with Gasteiger partial charge in [0.05, 0.1) is 17.8 Å². The second-order valence-electron chi connectivity index (χ2n) is 8.97. The van der Waals surface area contributed by atoms with Crippen molar-refractivity contribution in [2.24, 2.45) is 0 Å². The molecule has 160 valence electrons. The van der Waals surface area contributed by atoms with Crippen molar-refractivity contribution in [3.05, 3.63) is 82.9 Å². The van der Waals surface area contributed by atoms with Crippen LogP contribution in [0.4, 0.5) is 0 Å². The van der Waals surface area contributed by atoms with Gasteiger partial charge in [0.25, 0.3) is 0 Å². The first-order valence-corrected chi connectivity index (χ1v) is 11.7. The van der Waals surface area contributed by atoms with Gasteiger partial charge in [0.15, 0.2) is 5.11 Å². The van der Waals surface area contributed by atoms with E-state index in [1.54, 1.807) is 0 Å². The number of hydrogen-bond donors (Lipinski definition) is 1. The molecule has 0 radical (unpaired) electrons. The highest BCUT2D eigenvalue weighted by molar-refractivity contribution is 7.80. The predicted octanol–water partition coefficient (Wildman–Crippen LogP) is 5.71. The maximum atomic E-state index is 5.90. The first kappa shape index (κ1) is 20.3. The summed E-state index contributed by atoms with van der Waals surface area (Å²) in [6.45, 7) is 6.57. The Morgan fingerprint density at radius 3 is 2.42 bits per heavy atom. The Morgan fingerprint density at radius 2 is 1.74 bits per heavy atom. The monoisotopic (exact) mass is 430 g/mol. The van der Waals surface area contributed by atoms with Crippen LogP contribution < -0.4 is 5.32 Å². The van der Waals surface area contributed by atoms with Gasteiger partial charge in [-0.25, -0.2) is 0 Å². The summed E-state index contributed by atoms with van der Waals surface area (Å²) < 4.78 is 2.37. The van der Waals surface area contributed by atoms with Crippen LogP contribution in [-0.2, 0) is 0 Å². The van der Waals surface area contributed by atoms with Gasteiger partial charge in [0, 0.05) is 29.3 Å². The minimum Gasteiger partial charge on any atom is -0.352 e. The van der Waals surface area contributed by atoms with E-state index in [1.165, 1.54) is 53.9 Å². The van der Waals surface area contributed by atoms with Gasteiger partial charge in [-0.3, -0.25) is 4.98 Å². The molecule has 1 saturated heterocycles. The van der Waals surface area contributed by atoms with E-state index in [2.05, 4.69) is 78.0 Å². The topological polar surface area (TPSA) is 33.1 Å². The van der Waals surface area contributed by atoms with Crippen molar-refractivity contribution >= 4 is 17.3 Å². The van der Waals surface area contributed by atoms with Crippen LogP contribution in [0.3, 0.4) is 0 Å². The average molecular weight is 431 g/mol. The zero-order valence-electron chi connectivity index (χ0n) is 18.5. The highest BCUT2D eigenvalue weighted by Crippen LogP contribution is 2.44. The largest absolute Gasteiger partial charge is 0.352 e. The molecule has 3 aromatic rings. The number of rotatable bonds is 4. The number of thiocarbonyl (C=S) groups is 1. The van der Waals surface area contributed by atoms with E-state index in [0.717, 1.165) is 10.8 Å². The van der Waals surface area contributed by atoms with Crippen molar-refractivity contribution in [2.45, 2.75) is 64.6 Å². The molecule has 1 N–H and O–H groups in total. The lowest BCUT2D eigenvalue weighted by atomic mass is 9.95. The molecule has 2 atom stereocenters. The van der Waals surface area contributed by atoms with Crippen LogP contribution in [0.5, 0.6) is 0 Å². The first-order chi connectivity index (χ1) is 15.0. The molecule has 5 rings (SSSR count). The summed E-state index contributed by atoms with van der Waals surface area (Å²) in [5, 5.41) is 4.50. The maximum absolute atomic E-state index is 5.90. The zero-order valence-corrected chi connectivity index (χ0v) is 19.3. The number of nitrogens with zero attached hydrogens (tertiary/aromatic N) is 3.